The van der Waals surface area contributed by atoms with Crippen molar-refractivity contribution < 1.29 is 4.79 Å². The van der Waals surface area contributed by atoms with E-state index in [0.717, 1.165) is 30.8 Å². The van der Waals surface area contributed by atoms with Crippen LogP contribution in [0.25, 0.3) is 5.69 Å². The van der Waals surface area contributed by atoms with Crippen molar-refractivity contribution in [3.05, 3.63) is 46.7 Å². The molecule has 3 rings (SSSR count). The fourth-order valence-corrected chi connectivity index (χ4v) is 3.36. The summed E-state index contributed by atoms with van der Waals surface area (Å²) in [5, 5.41) is 5.14. The maximum atomic E-state index is 13.0. The van der Waals surface area contributed by atoms with Crippen LogP contribution in [0.3, 0.4) is 0 Å². The molecule has 0 spiro atoms. The summed E-state index contributed by atoms with van der Waals surface area (Å²) in [6.45, 7) is 5.52. The Morgan fingerprint density at radius 2 is 2.04 bits per heavy atom. The van der Waals surface area contributed by atoms with Gasteiger partial charge in [-0.25, -0.2) is 4.68 Å². The molecule has 1 atom stereocenters. The average Bonchev–Trinajstić information content (AvgIpc) is 3.00. The van der Waals surface area contributed by atoms with E-state index in [1.165, 1.54) is 0 Å². The number of hydrogen-bond donors (Lipinski definition) is 1. The number of hydrogen-bond acceptors (Lipinski definition) is 3. The molecule has 1 aliphatic rings. The van der Waals surface area contributed by atoms with E-state index in [9.17, 15) is 4.79 Å². The monoisotopic (exact) mass is 346 g/mol. The van der Waals surface area contributed by atoms with E-state index < -0.39 is 0 Å². The number of amides is 1. The Balaban J connectivity index is 1.97. The van der Waals surface area contributed by atoms with Crippen molar-refractivity contribution in [3.63, 3.8) is 0 Å². The minimum atomic E-state index is 0.0223. The number of likely N-dealkylation sites (tertiary alicyclic amines) is 1. The van der Waals surface area contributed by atoms with Crippen molar-refractivity contribution in [2.45, 2.75) is 38.6 Å². The van der Waals surface area contributed by atoms with Crippen molar-refractivity contribution in [2.24, 2.45) is 5.73 Å². The van der Waals surface area contributed by atoms with Gasteiger partial charge in [-0.3, -0.25) is 4.79 Å². The molecule has 2 N–H and O–H groups in total. The van der Waals surface area contributed by atoms with Gasteiger partial charge in [0.1, 0.15) is 0 Å². The number of nitrogens with zero attached hydrogens (tertiary/aromatic N) is 3. The second-order valence-corrected chi connectivity index (χ2v) is 7.08. The Bertz CT molecular complexity index is 723. The Morgan fingerprint density at radius 3 is 2.67 bits per heavy atom. The molecular weight excluding hydrogens is 324 g/mol. The second-order valence-electron chi connectivity index (χ2n) is 6.64. The van der Waals surface area contributed by atoms with Gasteiger partial charge >= 0.3 is 0 Å². The van der Waals surface area contributed by atoms with Gasteiger partial charge in [0.15, 0.2) is 0 Å². The number of carbonyl (C=O) groups excluding carboxylic acids is 1. The molecule has 1 amide bonds. The fraction of sp³-hybridized carbons (Fsp3) is 0.444. The summed E-state index contributed by atoms with van der Waals surface area (Å²) in [7, 11) is 0. The van der Waals surface area contributed by atoms with Gasteiger partial charge in [0.05, 0.1) is 23.1 Å². The number of aromatic nitrogens is 2. The Kier molecular flexibility index (Phi) is 4.92. The zero-order valence-electron chi connectivity index (χ0n) is 14.1. The molecule has 0 bridgehead atoms. The van der Waals surface area contributed by atoms with Crippen LogP contribution in [0.2, 0.25) is 5.02 Å². The molecule has 128 valence electrons. The van der Waals surface area contributed by atoms with Crippen LogP contribution < -0.4 is 5.73 Å². The Labute approximate surface area is 147 Å². The summed E-state index contributed by atoms with van der Waals surface area (Å²) in [6, 6.07) is 7.54. The smallest absolute Gasteiger partial charge is 0.257 e. The maximum Gasteiger partial charge on any atom is 0.257 e. The highest BCUT2D eigenvalue weighted by molar-refractivity contribution is 6.30. The molecule has 1 fully saturated rings. The standard InChI is InChI=1S/C18H23ClN4O/c1-12(2)17-16(18(24)22-9-3-4-14(20)11-22)10-21-23(17)15-7-5-13(19)6-8-15/h5-8,10,12,14H,3-4,9,11,20H2,1-2H3. The minimum absolute atomic E-state index is 0.0223. The first-order chi connectivity index (χ1) is 11.5. The number of rotatable bonds is 3. The van der Waals surface area contributed by atoms with E-state index in [4.69, 9.17) is 17.3 Å². The SMILES string of the molecule is CC(C)c1c(C(=O)N2CCCC(N)C2)cnn1-c1ccc(Cl)cc1. The molecule has 2 heterocycles. The lowest BCUT2D eigenvalue weighted by Crippen LogP contribution is -2.45. The first kappa shape index (κ1) is 17.0. The van der Waals surface area contributed by atoms with Crippen LogP contribution in [-0.4, -0.2) is 39.7 Å². The summed E-state index contributed by atoms with van der Waals surface area (Å²) in [5.41, 5.74) is 8.50. The van der Waals surface area contributed by atoms with E-state index in [1.807, 2.05) is 33.8 Å². The van der Waals surface area contributed by atoms with E-state index in [2.05, 4.69) is 18.9 Å². The summed E-state index contributed by atoms with van der Waals surface area (Å²) in [4.78, 5) is 14.8. The number of nitrogens with two attached hydrogens (primary N) is 1. The van der Waals surface area contributed by atoms with Crippen LogP contribution in [0.4, 0.5) is 0 Å². The van der Waals surface area contributed by atoms with Gasteiger partial charge in [0, 0.05) is 24.2 Å². The number of benzene rings is 1. The third-order valence-corrected chi connectivity index (χ3v) is 4.65. The molecule has 1 saturated heterocycles. The predicted octanol–water partition coefficient (Wildman–Crippen LogP) is 3.21. The molecule has 1 aromatic carbocycles. The van der Waals surface area contributed by atoms with Gasteiger partial charge in [0.2, 0.25) is 0 Å². The van der Waals surface area contributed by atoms with Crippen molar-refractivity contribution >= 4 is 17.5 Å². The molecule has 24 heavy (non-hydrogen) atoms. The van der Waals surface area contributed by atoms with E-state index in [1.54, 1.807) is 6.20 Å². The predicted molar refractivity (Wildman–Crippen MR) is 95.8 cm³/mol. The van der Waals surface area contributed by atoms with Crippen molar-refractivity contribution in [2.75, 3.05) is 13.1 Å². The Morgan fingerprint density at radius 1 is 1.33 bits per heavy atom. The minimum Gasteiger partial charge on any atom is -0.337 e. The van der Waals surface area contributed by atoms with Gasteiger partial charge in [-0.2, -0.15) is 5.10 Å². The van der Waals surface area contributed by atoms with Crippen LogP contribution in [0.5, 0.6) is 0 Å². The van der Waals surface area contributed by atoms with Crippen LogP contribution in [-0.2, 0) is 0 Å². The van der Waals surface area contributed by atoms with Gasteiger partial charge < -0.3 is 10.6 Å². The third-order valence-electron chi connectivity index (χ3n) is 4.40. The molecule has 0 aliphatic carbocycles. The Hall–Kier alpha value is -1.85. The lowest BCUT2D eigenvalue weighted by molar-refractivity contribution is 0.0707. The van der Waals surface area contributed by atoms with Crippen LogP contribution in [0.15, 0.2) is 30.5 Å². The van der Waals surface area contributed by atoms with Gasteiger partial charge in [0.25, 0.3) is 5.91 Å². The lowest BCUT2D eigenvalue weighted by atomic mass is 10.0. The first-order valence-electron chi connectivity index (χ1n) is 8.36. The van der Waals surface area contributed by atoms with E-state index >= 15 is 0 Å². The fourth-order valence-electron chi connectivity index (χ4n) is 3.23. The number of halogens is 1. The molecular formula is C18H23ClN4O. The molecule has 0 radical (unpaired) electrons. The summed E-state index contributed by atoms with van der Waals surface area (Å²) < 4.78 is 1.83. The molecule has 1 aliphatic heterocycles. The normalized spacial score (nSPS) is 18.2. The highest BCUT2D eigenvalue weighted by Gasteiger charge is 2.27. The summed E-state index contributed by atoms with van der Waals surface area (Å²) >= 11 is 5.97. The van der Waals surface area contributed by atoms with Gasteiger partial charge in [-0.05, 0) is 43.0 Å². The quantitative estimate of drug-likeness (QED) is 0.928. The van der Waals surface area contributed by atoms with Crippen molar-refractivity contribution in [1.29, 1.82) is 0 Å². The van der Waals surface area contributed by atoms with Gasteiger partial charge in [-0.1, -0.05) is 25.4 Å². The number of piperidine rings is 1. The molecule has 1 unspecified atom stereocenters. The molecule has 6 heteroatoms. The lowest BCUT2D eigenvalue weighted by Gasteiger charge is -2.31. The molecule has 0 saturated carbocycles. The third kappa shape index (κ3) is 3.32. The van der Waals surface area contributed by atoms with Crippen LogP contribution >= 0.6 is 11.6 Å². The largest absolute Gasteiger partial charge is 0.337 e. The van der Waals surface area contributed by atoms with Crippen LogP contribution in [0.1, 0.15) is 48.7 Å². The zero-order chi connectivity index (χ0) is 17.3. The van der Waals surface area contributed by atoms with Gasteiger partial charge in [-0.15, -0.1) is 0 Å². The van der Waals surface area contributed by atoms with Crippen molar-refractivity contribution in [1.82, 2.24) is 14.7 Å². The second kappa shape index (κ2) is 6.95. The maximum absolute atomic E-state index is 13.0. The molecule has 2 aromatic rings. The summed E-state index contributed by atoms with van der Waals surface area (Å²) in [5.74, 6) is 0.189. The molecule has 5 nitrogen and oxygen atoms in total. The number of carbonyl (C=O) groups is 1. The highest BCUT2D eigenvalue weighted by atomic mass is 35.5. The first-order valence-corrected chi connectivity index (χ1v) is 8.74. The average molecular weight is 347 g/mol. The topological polar surface area (TPSA) is 64.2 Å². The summed E-state index contributed by atoms with van der Waals surface area (Å²) in [6.07, 6.45) is 3.60. The highest BCUT2D eigenvalue weighted by Crippen LogP contribution is 2.25. The van der Waals surface area contributed by atoms with Crippen molar-refractivity contribution in [3.8, 4) is 5.69 Å². The molecule has 1 aromatic heterocycles. The van der Waals surface area contributed by atoms with E-state index in [0.29, 0.717) is 17.1 Å². The zero-order valence-corrected chi connectivity index (χ0v) is 14.8. The van der Waals surface area contributed by atoms with Crippen LogP contribution in [0, 0.1) is 0 Å². The van der Waals surface area contributed by atoms with E-state index in [-0.39, 0.29) is 17.9 Å².